The number of carbonyl (C=O) groups excluding carboxylic acids is 1. The van der Waals surface area contributed by atoms with Gasteiger partial charge in [0.15, 0.2) is 6.10 Å². The fourth-order valence-electron chi connectivity index (χ4n) is 1.10. The summed E-state index contributed by atoms with van der Waals surface area (Å²) in [5.41, 5.74) is 0.189. The summed E-state index contributed by atoms with van der Waals surface area (Å²) < 4.78 is 4.67. The molecule has 6 nitrogen and oxygen atoms in total. The molecule has 0 spiro atoms. The molecule has 2 N–H and O–H groups in total. The summed E-state index contributed by atoms with van der Waals surface area (Å²) in [6.45, 7) is -0.143. The number of carbonyl (C=O) groups is 2. The maximum Gasteiger partial charge on any atom is 0.334 e. The lowest BCUT2D eigenvalue weighted by Gasteiger charge is -2.11. The minimum atomic E-state index is -1.15. The molecule has 0 aromatic carbocycles. The molecule has 92 valence electrons. The number of nitrogens with one attached hydrogen (secondary N) is 1. The van der Waals surface area contributed by atoms with Crippen LogP contribution in [0.5, 0.6) is 0 Å². The first-order chi connectivity index (χ1) is 8.06. The van der Waals surface area contributed by atoms with E-state index in [1.165, 1.54) is 25.6 Å². The molecular weight excluding hydrogens is 248 g/mol. The summed E-state index contributed by atoms with van der Waals surface area (Å²) in [5, 5.41) is 11.4. The minimum absolute atomic E-state index is 0.143. The number of pyridine rings is 1. The molecule has 1 amide bonds. The molecule has 1 aromatic rings. The van der Waals surface area contributed by atoms with E-state index in [0.29, 0.717) is 0 Å². The van der Waals surface area contributed by atoms with Gasteiger partial charge in [-0.2, -0.15) is 0 Å². The van der Waals surface area contributed by atoms with Crippen LogP contribution in [0, 0.1) is 0 Å². The van der Waals surface area contributed by atoms with Crippen LogP contribution in [0.2, 0.25) is 5.02 Å². The fourth-order valence-corrected chi connectivity index (χ4v) is 1.29. The second-order valence-electron chi connectivity index (χ2n) is 3.13. The molecule has 1 heterocycles. The van der Waals surface area contributed by atoms with Crippen LogP contribution >= 0.6 is 11.6 Å². The summed E-state index contributed by atoms with van der Waals surface area (Å²) in [6.07, 6.45) is 1.67. The molecule has 0 radical (unpaired) electrons. The van der Waals surface area contributed by atoms with Gasteiger partial charge < -0.3 is 15.2 Å². The van der Waals surface area contributed by atoms with E-state index in [9.17, 15) is 9.59 Å². The normalized spacial score (nSPS) is 11.9. The lowest BCUT2D eigenvalue weighted by Crippen LogP contribution is -2.37. The third-order valence-electron chi connectivity index (χ3n) is 2.02. The summed E-state index contributed by atoms with van der Waals surface area (Å²) in [7, 11) is 1.25. The summed E-state index contributed by atoms with van der Waals surface area (Å²) in [4.78, 5) is 26.0. The molecule has 0 aliphatic rings. The second-order valence-corrected chi connectivity index (χ2v) is 3.54. The Balaban J connectivity index is 2.62. The monoisotopic (exact) mass is 258 g/mol. The Morgan fingerprint density at radius 3 is 2.88 bits per heavy atom. The second kappa shape index (κ2) is 6.17. The van der Waals surface area contributed by atoms with Gasteiger partial charge in [-0.15, -0.1) is 0 Å². The highest BCUT2D eigenvalue weighted by atomic mass is 35.5. The molecular formula is C10H11ClN2O4. The molecule has 1 unspecified atom stereocenters. The van der Waals surface area contributed by atoms with Crippen molar-refractivity contribution in [2.24, 2.45) is 0 Å². The number of halogens is 1. The lowest BCUT2D eigenvalue weighted by molar-refractivity contribution is -0.147. The zero-order chi connectivity index (χ0) is 12.8. The number of hydrogen-bond donors (Lipinski definition) is 2. The van der Waals surface area contributed by atoms with Crippen LogP contribution in [0.4, 0.5) is 0 Å². The number of nitrogens with zero attached hydrogens (tertiary/aromatic N) is 1. The Bertz CT molecular complexity index is 425. The Morgan fingerprint density at radius 2 is 2.35 bits per heavy atom. The van der Waals surface area contributed by atoms with Crippen molar-refractivity contribution in [2.75, 3.05) is 13.7 Å². The van der Waals surface area contributed by atoms with Crippen LogP contribution in [0.25, 0.3) is 0 Å². The van der Waals surface area contributed by atoms with Gasteiger partial charge in [-0.1, -0.05) is 11.6 Å². The number of carboxylic acid groups (broad SMARTS) is 1. The first-order valence-electron chi connectivity index (χ1n) is 4.69. The Labute approximate surface area is 103 Å². The molecule has 1 atom stereocenters. The quantitative estimate of drug-likeness (QED) is 0.806. The predicted octanol–water partition coefficient (Wildman–Crippen LogP) is 0.564. The standard InChI is InChI=1S/C10H11ClN2O4/c1-17-8(10(15)16)5-13-9(14)6-4-12-3-2-7(6)11/h2-4,8H,5H2,1H3,(H,13,14)(H,15,16). The van der Waals surface area contributed by atoms with E-state index >= 15 is 0 Å². The van der Waals surface area contributed by atoms with Crippen LogP contribution in [0.3, 0.4) is 0 Å². The van der Waals surface area contributed by atoms with Crippen molar-refractivity contribution in [1.29, 1.82) is 0 Å². The topological polar surface area (TPSA) is 88.5 Å². The molecule has 17 heavy (non-hydrogen) atoms. The van der Waals surface area contributed by atoms with Crippen LogP contribution in [-0.2, 0) is 9.53 Å². The van der Waals surface area contributed by atoms with Gasteiger partial charge in [0.05, 0.1) is 17.1 Å². The van der Waals surface area contributed by atoms with Gasteiger partial charge in [0.25, 0.3) is 5.91 Å². The molecule has 0 aliphatic heterocycles. The number of methoxy groups -OCH3 is 1. The highest BCUT2D eigenvalue weighted by molar-refractivity contribution is 6.33. The maximum absolute atomic E-state index is 11.6. The van der Waals surface area contributed by atoms with Crippen LogP contribution < -0.4 is 5.32 Å². The van der Waals surface area contributed by atoms with Gasteiger partial charge in [-0.25, -0.2) is 4.79 Å². The van der Waals surface area contributed by atoms with E-state index in [1.54, 1.807) is 0 Å². The first kappa shape index (κ1) is 13.4. The summed E-state index contributed by atoms with van der Waals surface area (Å²) >= 11 is 5.78. The average molecular weight is 259 g/mol. The molecule has 1 rings (SSSR count). The molecule has 1 aromatic heterocycles. The van der Waals surface area contributed by atoms with Crippen molar-refractivity contribution in [3.05, 3.63) is 29.0 Å². The fraction of sp³-hybridized carbons (Fsp3) is 0.300. The van der Waals surface area contributed by atoms with Gasteiger partial charge in [0.1, 0.15) is 0 Å². The van der Waals surface area contributed by atoms with E-state index < -0.39 is 18.0 Å². The van der Waals surface area contributed by atoms with Gasteiger partial charge in [-0.05, 0) is 6.07 Å². The minimum Gasteiger partial charge on any atom is -0.479 e. The number of aliphatic carboxylic acids is 1. The van der Waals surface area contributed by atoms with E-state index in [1.807, 2.05) is 0 Å². The highest BCUT2D eigenvalue weighted by Crippen LogP contribution is 2.12. The van der Waals surface area contributed by atoms with Crippen molar-refractivity contribution < 1.29 is 19.4 Å². The number of hydrogen-bond acceptors (Lipinski definition) is 4. The Hall–Kier alpha value is -1.66. The van der Waals surface area contributed by atoms with Crippen molar-refractivity contribution in [2.45, 2.75) is 6.10 Å². The van der Waals surface area contributed by atoms with Crippen molar-refractivity contribution in [3.63, 3.8) is 0 Å². The predicted molar refractivity (Wildman–Crippen MR) is 60.0 cm³/mol. The van der Waals surface area contributed by atoms with E-state index in [2.05, 4.69) is 15.0 Å². The zero-order valence-electron chi connectivity index (χ0n) is 9.01. The zero-order valence-corrected chi connectivity index (χ0v) is 9.77. The Morgan fingerprint density at radius 1 is 1.65 bits per heavy atom. The van der Waals surface area contributed by atoms with Gasteiger partial charge in [0.2, 0.25) is 0 Å². The molecule has 0 saturated heterocycles. The SMILES string of the molecule is COC(CNC(=O)c1cnccc1Cl)C(=O)O. The van der Waals surface area contributed by atoms with E-state index in [0.717, 1.165) is 0 Å². The largest absolute Gasteiger partial charge is 0.479 e. The summed E-state index contributed by atoms with van der Waals surface area (Å²) in [6, 6.07) is 1.47. The first-order valence-corrected chi connectivity index (χ1v) is 5.07. The van der Waals surface area contributed by atoms with Crippen molar-refractivity contribution in [3.8, 4) is 0 Å². The van der Waals surface area contributed by atoms with E-state index in [4.69, 9.17) is 16.7 Å². The van der Waals surface area contributed by atoms with Gasteiger partial charge in [0, 0.05) is 19.5 Å². The average Bonchev–Trinajstić information content (AvgIpc) is 2.29. The number of amides is 1. The molecule has 0 fully saturated rings. The lowest BCUT2D eigenvalue weighted by atomic mass is 10.2. The maximum atomic E-state index is 11.6. The highest BCUT2D eigenvalue weighted by Gasteiger charge is 2.18. The molecule has 0 saturated carbocycles. The summed E-state index contributed by atoms with van der Waals surface area (Å²) in [5.74, 6) is -1.64. The van der Waals surface area contributed by atoms with Gasteiger partial charge in [-0.3, -0.25) is 9.78 Å². The third-order valence-corrected chi connectivity index (χ3v) is 2.35. The van der Waals surface area contributed by atoms with Crippen LogP contribution in [-0.4, -0.2) is 41.7 Å². The van der Waals surface area contributed by atoms with Crippen LogP contribution in [0.1, 0.15) is 10.4 Å². The number of aromatic nitrogens is 1. The van der Waals surface area contributed by atoms with Crippen LogP contribution in [0.15, 0.2) is 18.5 Å². The van der Waals surface area contributed by atoms with Crippen molar-refractivity contribution in [1.82, 2.24) is 10.3 Å². The molecule has 0 aliphatic carbocycles. The smallest absolute Gasteiger partial charge is 0.334 e. The number of carboxylic acids is 1. The molecule has 7 heteroatoms. The van der Waals surface area contributed by atoms with Crippen molar-refractivity contribution >= 4 is 23.5 Å². The third kappa shape index (κ3) is 3.69. The van der Waals surface area contributed by atoms with E-state index in [-0.39, 0.29) is 17.1 Å². The molecule has 0 bridgehead atoms. The number of rotatable bonds is 5. The Kier molecular flexibility index (Phi) is 4.86. The number of ether oxygens (including phenoxy) is 1. The van der Waals surface area contributed by atoms with Gasteiger partial charge >= 0.3 is 5.97 Å².